The molecule has 26 heavy (non-hydrogen) atoms. The van der Waals surface area contributed by atoms with E-state index < -0.39 is 0 Å². The molecule has 0 spiro atoms. The summed E-state index contributed by atoms with van der Waals surface area (Å²) in [6.07, 6.45) is 4.22. The lowest BCUT2D eigenvalue weighted by Gasteiger charge is -2.21. The van der Waals surface area contributed by atoms with Crippen LogP contribution < -0.4 is 0 Å². The fourth-order valence-electron chi connectivity index (χ4n) is 3.27. The fraction of sp³-hybridized carbons (Fsp3) is 0.316. The van der Waals surface area contributed by atoms with Crippen molar-refractivity contribution in [3.8, 4) is 0 Å². The standard InChI is InChI=1S/C19H18ClN3O2S/c1-12-17(26-11-22-12)19(24)23-8-2-3-16(23)18-21-10-15(25-18)9-13-4-6-14(20)7-5-13/h4-7,10-11,16H,2-3,8-9H2,1H3/t16-/m1/s1. The monoisotopic (exact) mass is 387 g/mol. The number of oxazole rings is 1. The van der Waals surface area contributed by atoms with Gasteiger partial charge < -0.3 is 9.32 Å². The topological polar surface area (TPSA) is 59.2 Å². The third-order valence-electron chi connectivity index (χ3n) is 4.60. The average molecular weight is 388 g/mol. The van der Waals surface area contributed by atoms with Crippen molar-refractivity contribution in [3.05, 3.63) is 68.8 Å². The van der Waals surface area contributed by atoms with Gasteiger partial charge in [0.2, 0.25) is 5.89 Å². The molecule has 1 amide bonds. The molecule has 0 N–H and O–H groups in total. The normalized spacial score (nSPS) is 17.0. The first-order chi connectivity index (χ1) is 12.6. The summed E-state index contributed by atoms with van der Waals surface area (Å²) in [5.74, 6) is 1.42. The van der Waals surface area contributed by atoms with Crippen molar-refractivity contribution < 1.29 is 9.21 Å². The molecule has 0 unspecified atom stereocenters. The summed E-state index contributed by atoms with van der Waals surface area (Å²) >= 11 is 7.31. The van der Waals surface area contributed by atoms with Crippen LogP contribution in [0, 0.1) is 6.92 Å². The van der Waals surface area contributed by atoms with E-state index in [2.05, 4.69) is 9.97 Å². The molecular weight excluding hydrogens is 370 g/mol. The number of nitrogens with zero attached hydrogens (tertiary/aromatic N) is 3. The van der Waals surface area contributed by atoms with E-state index >= 15 is 0 Å². The van der Waals surface area contributed by atoms with Crippen LogP contribution in [0.25, 0.3) is 0 Å². The molecule has 1 fully saturated rings. The first-order valence-corrected chi connectivity index (χ1v) is 9.77. The quantitative estimate of drug-likeness (QED) is 0.653. The molecule has 2 aromatic heterocycles. The third kappa shape index (κ3) is 3.39. The third-order valence-corrected chi connectivity index (χ3v) is 5.77. The van der Waals surface area contributed by atoms with Crippen LogP contribution in [0.2, 0.25) is 5.02 Å². The Morgan fingerprint density at radius 3 is 2.88 bits per heavy atom. The molecule has 1 aliphatic heterocycles. The largest absolute Gasteiger partial charge is 0.443 e. The summed E-state index contributed by atoms with van der Waals surface area (Å²) in [5.41, 5.74) is 3.60. The highest BCUT2D eigenvalue weighted by Gasteiger charge is 2.35. The molecule has 1 aliphatic rings. The number of carbonyl (C=O) groups is 1. The maximum atomic E-state index is 12.9. The van der Waals surface area contributed by atoms with E-state index in [4.69, 9.17) is 16.0 Å². The number of rotatable bonds is 4. The lowest BCUT2D eigenvalue weighted by molar-refractivity contribution is 0.0718. The molecule has 4 rings (SSSR count). The van der Waals surface area contributed by atoms with Crippen LogP contribution in [0.4, 0.5) is 0 Å². The molecule has 0 bridgehead atoms. The van der Waals surface area contributed by atoms with Crippen molar-refractivity contribution >= 4 is 28.8 Å². The molecule has 1 aromatic carbocycles. The Bertz CT molecular complexity index is 919. The minimum Gasteiger partial charge on any atom is -0.443 e. The Balaban J connectivity index is 1.52. The van der Waals surface area contributed by atoms with Crippen molar-refractivity contribution in [2.75, 3.05) is 6.54 Å². The number of thiazole rings is 1. The highest BCUT2D eigenvalue weighted by atomic mass is 35.5. The van der Waals surface area contributed by atoms with Crippen molar-refractivity contribution in [1.29, 1.82) is 0 Å². The van der Waals surface area contributed by atoms with E-state index in [1.165, 1.54) is 11.3 Å². The van der Waals surface area contributed by atoms with Crippen molar-refractivity contribution in [2.24, 2.45) is 0 Å². The molecule has 3 aromatic rings. The number of aryl methyl sites for hydroxylation is 1. The summed E-state index contributed by atoms with van der Waals surface area (Å²) in [7, 11) is 0. The van der Waals surface area contributed by atoms with Crippen LogP contribution in [0.5, 0.6) is 0 Å². The number of halogens is 1. The Labute approximate surface area is 160 Å². The lowest BCUT2D eigenvalue weighted by Crippen LogP contribution is -2.30. The van der Waals surface area contributed by atoms with Crippen molar-refractivity contribution in [2.45, 2.75) is 32.2 Å². The second-order valence-electron chi connectivity index (χ2n) is 6.39. The molecule has 1 atom stereocenters. The van der Waals surface area contributed by atoms with E-state index in [0.717, 1.165) is 36.4 Å². The Morgan fingerprint density at radius 2 is 2.15 bits per heavy atom. The molecule has 0 radical (unpaired) electrons. The summed E-state index contributed by atoms with van der Waals surface area (Å²) in [6, 6.07) is 7.57. The number of hydrogen-bond donors (Lipinski definition) is 0. The smallest absolute Gasteiger partial charge is 0.266 e. The van der Waals surface area contributed by atoms with Crippen LogP contribution in [-0.2, 0) is 6.42 Å². The predicted molar refractivity (Wildman–Crippen MR) is 101 cm³/mol. The minimum atomic E-state index is -0.108. The highest BCUT2D eigenvalue weighted by molar-refractivity contribution is 7.11. The maximum absolute atomic E-state index is 12.9. The average Bonchev–Trinajstić information content (AvgIpc) is 3.36. The summed E-state index contributed by atoms with van der Waals surface area (Å²) < 4.78 is 5.98. The molecule has 1 saturated heterocycles. The number of hydrogen-bond acceptors (Lipinski definition) is 5. The van der Waals surface area contributed by atoms with Crippen molar-refractivity contribution in [1.82, 2.24) is 14.9 Å². The number of amides is 1. The van der Waals surface area contributed by atoms with Gasteiger partial charge in [-0.2, -0.15) is 0 Å². The summed E-state index contributed by atoms with van der Waals surface area (Å²) in [4.78, 5) is 24.1. The van der Waals surface area contributed by atoms with Gasteiger partial charge in [0.15, 0.2) is 0 Å². The number of aromatic nitrogens is 2. The fourth-order valence-corrected chi connectivity index (χ4v) is 4.15. The Morgan fingerprint density at radius 1 is 1.35 bits per heavy atom. The van der Waals surface area contributed by atoms with Crippen LogP contribution >= 0.6 is 22.9 Å². The number of carbonyl (C=O) groups excluding carboxylic acids is 1. The molecule has 134 valence electrons. The van der Waals surface area contributed by atoms with Gasteiger partial charge in [-0.1, -0.05) is 23.7 Å². The molecule has 3 heterocycles. The van der Waals surface area contributed by atoms with Gasteiger partial charge in [-0.25, -0.2) is 9.97 Å². The Hall–Kier alpha value is -2.18. The maximum Gasteiger partial charge on any atom is 0.266 e. The van der Waals surface area contributed by atoms with E-state index in [9.17, 15) is 4.79 Å². The summed E-state index contributed by atoms with van der Waals surface area (Å²) in [6.45, 7) is 2.58. The molecule has 7 heteroatoms. The second-order valence-corrected chi connectivity index (χ2v) is 7.68. The second kappa shape index (κ2) is 7.21. The first kappa shape index (κ1) is 17.2. The molecule has 5 nitrogen and oxygen atoms in total. The van der Waals surface area contributed by atoms with Gasteiger partial charge >= 0.3 is 0 Å². The molecule has 0 saturated carbocycles. The van der Waals surface area contributed by atoms with Gasteiger partial charge in [0.25, 0.3) is 5.91 Å². The molecule has 0 aliphatic carbocycles. The van der Waals surface area contributed by atoms with Gasteiger partial charge in [0.05, 0.1) is 17.4 Å². The van der Waals surface area contributed by atoms with E-state index in [0.29, 0.717) is 22.2 Å². The van der Waals surface area contributed by atoms with Crippen molar-refractivity contribution in [3.63, 3.8) is 0 Å². The lowest BCUT2D eigenvalue weighted by atomic mass is 10.1. The van der Waals surface area contributed by atoms with Gasteiger partial charge in [0, 0.05) is 18.0 Å². The zero-order valence-electron chi connectivity index (χ0n) is 14.3. The van der Waals surface area contributed by atoms with Crippen LogP contribution in [0.15, 0.2) is 40.4 Å². The summed E-state index contributed by atoms with van der Waals surface area (Å²) in [5, 5.41) is 0.713. The Kier molecular flexibility index (Phi) is 4.78. The van der Waals surface area contributed by atoms with Gasteiger partial charge in [-0.05, 0) is 37.5 Å². The number of likely N-dealkylation sites (tertiary alicyclic amines) is 1. The number of benzene rings is 1. The highest BCUT2D eigenvalue weighted by Crippen LogP contribution is 2.34. The SMILES string of the molecule is Cc1ncsc1C(=O)N1CCC[C@@H]1c1ncc(Cc2ccc(Cl)cc2)o1. The minimum absolute atomic E-state index is 0.0185. The van der Waals surface area contributed by atoms with Crippen LogP contribution in [-0.4, -0.2) is 27.3 Å². The van der Waals surface area contributed by atoms with E-state index in [1.54, 1.807) is 11.7 Å². The van der Waals surface area contributed by atoms with Crippen LogP contribution in [0.1, 0.15) is 51.5 Å². The van der Waals surface area contributed by atoms with Gasteiger partial charge in [0.1, 0.15) is 16.7 Å². The van der Waals surface area contributed by atoms with Gasteiger partial charge in [-0.3, -0.25) is 4.79 Å². The zero-order chi connectivity index (χ0) is 18.1. The van der Waals surface area contributed by atoms with E-state index in [-0.39, 0.29) is 11.9 Å². The van der Waals surface area contributed by atoms with E-state index in [1.807, 2.05) is 36.1 Å². The predicted octanol–water partition coefficient (Wildman–Crippen LogP) is 4.66. The van der Waals surface area contributed by atoms with Crippen LogP contribution in [0.3, 0.4) is 0 Å². The van der Waals surface area contributed by atoms with Gasteiger partial charge in [-0.15, -0.1) is 11.3 Å². The zero-order valence-corrected chi connectivity index (χ0v) is 15.9. The molecular formula is C19H18ClN3O2S. The first-order valence-electron chi connectivity index (χ1n) is 8.52.